The van der Waals surface area contributed by atoms with E-state index in [1.165, 1.54) is 0 Å². The van der Waals surface area contributed by atoms with E-state index in [1.54, 1.807) is 52.1 Å². The van der Waals surface area contributed by atoms with Crippen LogP contribution in [-0.2, 0) is 19.0 Å². The number of fused-ring (bicyclic) bond motifs is 1. The molecule has 23 heavy (non-hydrogen) atoms. The van der Waals surface area contributed by atoms with Crippen molar-refractivity contribution in [3.8, 4) is 0 Å². The monoisotopic (exact) mass is 340 g/mol. The molecule has 1 unspecified atom stereocenters. The Morgan fingerprint density at radius 1 is 1.30 bits per heavy atom. The van der Waals surface area contributed by atoms with Crippen LogP contribution in [0.2, 0.25) is 0 Å². The zero-order valence-corrected chi connectivity index (χ0v) is 14.5. The van der Waals surface area contributed by atoms with Gasteiger partial charge < -0.3 is 4.74 Å². The summed E-state index contributed by atoms with van der Waals surface area (Å²) >= 11 is 0. The van der Waals surface area contributed by atoms with Crippen molar-refractivity contribution in [1.29, 1.82) is 0 Å². The highest BCUT2D eigenvalue weighted by atomic mass is 32.2. The third kappa shape index (κ3) is 4.52. The number of carbonyl (C=O) groups is 1. The number of carbonyl (C=O) groups excluding carboxylic acids is 1. The Bertz CT molecular complexity index is 833. The second kappa shape index (κ2) is 5.93. The highest BCUT2D eigenvalue weighted by Crippen LogP contribution is 2.24. The van der Waals surface area contributed by atoms with Gasteiger partial charge in [0.1, 0.15) is 5.60 Å². The summed E-state index contributed by atoms with van der Waals surface area (Å²) in [4.78, 5) is 12.2. The first kappa shape index (κ1) is 17.4. The number of hydrogen-bond donors (Lipinski definition) is 0. The molecule has 0 bridgehead atoms. The summed E-state index contributed by atoms with van der Waals surface area (Å²) in [6.45, 7) is 6.93. The molecular formula is C15H20N2O5S. The summed E-state index contributed by atoms with van der Waals surface area (Å²) in [7, 11) is -3.58. The van der Waals surface area contributed by atoms with E-state index in [4.69, 9.17) is 8.92 Å². The predicted molar refractivity (Wildman–Crippen MR) is 85.7 cm³/mol. The Morgan fingerprint density at radius 2 is 1.96 bits per heavy atom. The fraction of sp³-hybridized carbons (Fsp3) is 0.467. The second-order valence-corrected chi connectivity index (χ2v) is 7.90. The van der Waals surface area contributed by atoms with Gasteiger partial charge in [0.25, 0.3) is 10.1 Å². The molecule has 1 atom stereocenters. The van der Waals surface area contributed by atoms with Crippen molar-refractivity contribution in [1.82, 2.24) is 9.78 Å². The molecule has 8 heteroatoms. The molecule has 0 radical (unpaired) electrons. The van der Waals surface area contributed by atoms with Crippen LogP contribution in [0.1, 0.15) is 39.4 Å². The van der Waals surface area contributed by atoms with Crippen molar-refractivity contribution >= 4 is 27.1 Å². The van der Waals surface area contributed by atoms with Crippen LogP contribution in [0.5, 0.6) is 0 Å². The van der Waals surface area contributed by atoms with Crippen LogP contribution in [-0.4, -0.2) is 36.1 Å². The first-order chi connectivity index (χ1) is 10.5. The number of nitrogens with zero attached hydrogens (tertiary/aromatic N) is 2. The van der Waals surface area contributed by atoms with Crippen molar-refractivity contribution in [2.75, 3.05) is 6.26 Å². The van der Waals surface area contributed by atoms with Gasteiger partial charge in [-0.15, -0.1) is 0 Å². The minimum absolute atomic E-state index is 0.528. The number of benzene rings is 1. The lowest BCUT2D eigenvalue weighted by molar-refractivity contribution is 0.0522. The Hall–Kier alpha value is -1.93. The summed E-state index contributed by atoms with van der Waals surface area (Å²) < 4.78 is 33.9. The van der Waals surface area contributed by atoms with Crippen LogP contribution in [0, 0.1) is 0 Å². The van der Waals surface area contributed by atoms with Crippen LogP contribution in [0.4, 0.5) is 4.79 Å². The Labute approximate surface area is 135 Å². The average molecular weight is 340 g/mol. The summed E-state index contributed by atoms with van der Waals surface area (Å²) in [5, 5.41) is 4.78. The Kier molecular flexibility index (Phi) is 4.50. The molecule has 0 amide bonds. The lowest BCUT2D eigenvalue weighted by atomic mass is 10.1. The molecule has 126 valence electrons. The van der Waals surface area contributed by atoms with Crippen molar-refractivity contribution < 1.29 is 22.1 Å². The van der Waals surface area contributed by atoms with Crippen molar-refractivity contribution in [2.45, 2.75) is 39.4 Å². The lowest BCUT2D eigenvalue weighted by Crippen LogP contribution is -2.27. The highest BCUT2D eigenvalue weighted by molar-refractivity contribution is 7.86. The molecule has 0 aliphatic carbocycles. The number of hydrogen-bond acceptors (Lipinski definition) is 6. The summed E-state index contributed by atoms with van der Waals surface area (Å²) in [5.74, 6) is 0. The number of rotatable bonds is 3. The quantitative estimate of drug-likeness (QED) is 0.798. The van der Waals surface area contributed by atoms with E-state index < -0.39 is 27.9 Å². The largest absolute Gasteiger partial charge is 0.442 e. The molecule has 1 aromatic carbocycles. The zero-order valence-electron chi connectivity index (χ0n) is 13.7. The molecule has 1 heterocycles. The third-order valence-electron chi connectivity index (χ3n) is 2.95. The molecule has 0 saturated carbocycles. The highest BCUT2D eigenvalue weighted by Gasteiger charge is 2.21. The van der Waals surface area contributed by atoms with Crippen LogP contribution < -0.4 is 0 Å². The number of ether oxygens (including phenoxy) is 1. The Morgan fingerprint density at radius 3 is 2.52 bits per heavy atom. The predicted octanol–water partition coefficient (Wildman–Crippen LogP) is 2.86. The van der Waals surface area contributed by atoms with E-state index in [0.29, 0.717) is 11.1 Å². The van der Waals surface area contributed by atoms with Gasteiger partial charge in [-0.25, -0.2) is 4.79 Å². The topological polar surface area (TPSA) is 87.5 Å². The van der Waals surface area contributed by atoms with E-state index in [1.807, 2.05) is 0 Å². The minimum Gasteiger partial charge on any atom is -0.442 e. The van der Waals surface area contributed by atoms with E-state index >= 15 is 0 Å². The molecule has 1 aromatic heterocycles. The van der Waals surface area contributed by atoms with Gasteiger partial charge in [-0.1, -0.05) is 12.1 Å². The molecule has 7 nitrogen and oxygen atoms in total. The van der Waals surface area contributed by atoms with Crippen LogP contribution in [0.25, 0.3) is 10.9 Å². The fourth-order valence-electron chi connectivity index (χ4n) is 2.06. The maximum atomic E-state index is 12.2. The van der Waals surface area contributed by atoms with E-state index in [9.17, 15) is 13.2 Å². The molecule has 0 fully saturated rings. The van der Waals surface area contributed by atoms with Crippen molar-refractivity contribution in [3.63, 3.8) is 0 Å². The molecular weight excluding hydrogens is 320 g/mol. The van der Waals surface area contributed by atoms with Gasteiger partial charge in [0.2, 0.25) is 0 Å². The maximum Gasteiger partial charge on any atom is 0.435 e. The molecule has 0 N–H and O–H groups in total. The Balaban J connectivity index is 2.39. The fourth-order valence-corrected chi connectivity index (χ4v) is 2.69. The van der Waals surface area contributed by atoms with Crippen molar-refractivity contribution in [2.24, 2.45) is 0 Å². The van der Waals surface area contributed by atoms with Gasteiger partial charge in [-0.05, 0) is 39.3 Å². The summed E-state index contributed by atoms with van der Waals surface area (Å²) in [6, 6.07) is 5.15. The molecule has 0 aliphatic rings. The number of aromatic nitrogens is 2. The first-order valence-corrected chi connectivity index (χ1v) is 8.87. The van der Waals surface area contributed by atoms with Gasteiger partial charge in [-0.3, -0.25) is 4.18 Å². The van der Waals surface area contributed by atoms with Gasteiger partial charge >= 0.3 is 6.09 Å². The zero-order chi connectivity index (χ0) is 17.4. The minimum atomic E-state index is -3.58. The third-order valence-corrected chi connectivity index (χ3v) is 3.59. The van der Waals surface area contributed by atoms with E-state index in [2.05, 4.69) is 5.10 Å². The van der Waals surface area contributed by atoms with Crippen LogP contribution in [0.3, 0.4) is 0 Å². The summed E-state index contributed by atoms with van der Waals surface area (Å²) in [5.41, 5.74) is 0.508. The standard InChI is InChI=1S/C15H20N2O5S/c1-10(22-23(5,19)20)11-6-7-12-9-16-17(13(12)8-11)14(18)21-15(2,3)4/h6-10H,1-5H3. The summed E-state index contributed by atoms with van der Waals surface area (Å²) in [6.07, 6.45) is 1.27. The average Bonchev–Trinajstić information content (AvgIpc) is 2.77. The molecule has 0 aliphatic heterocycles. The van der Waals surface area contributed by atoms with Gasteiger partial charge in [-0.2, -0.15) is 18.2 Å². The smallest absolute Gasteiger partial charge is 0.435 e. The normalized spacial score (nSPS) is 14.0. The van der Waals surface area contributed by atoms with Crippen LogP contribution >= 0.6 is 0 Å². The van der Waals surface area contributed by atoms with E-state index in [0.717, 1.165) is 16.3 Å². The maximum absolute atomic E-state index is 12.2. The molecule has 0 spiro atoms. The van der Waals surface area contributed by atoms with Gasteiger partial charge in [0, 0.05) is 5.39 Å². The van der Waals surface area contributed by atoms with E-state index in [-0.39, 0.29) is 0 Å². The van der Waals surface area contributed by atoms with Gasteiger partial charge in [0.05, 0.1) is 24.1 Å². The van der Waals surface area contributed by atoms with Gasteiger partial charge in [0.15, 0.2) is 0 Å². The SMILES string of the molecule is CC(OS(C)(=O)=O)c1ccc2cnn(C(=O)OC(C)(C)C)c2c1. The lowest BCUT2D eigenvalue weighted by Gasteiger charge is -2.19. The van der Waals surface area contributed by atoms with Crippen molar-refractivity contribution in [3.05, 3.63) is 30.0 Å². The molecule has 0 saturated heterocycles. The van der Waals surface area contributed by atoms with Crippen LogP contribution in [0.15, 0.2) is 24.4 Å². The molecule has 2 rings (SSSR count). The molecule has 2 aromatic rings. The second-order valence-electron chi connectivity index (χ2n) is 6.30. The first-order valence-electron chi connectivity index (χ1n) is 7.05.